The fourth-order valence-electron chi connectivity index (χ4n) is 11.6. The quantitative estimate of drug-likeness (QED) is 0.0179. The average molecular weight is 1380 g/mol. The Kier molecular flexibility index (Phi) is 29.3. The van der Waals surface area contributed by atoms with E-state index in [2.05, 4.69) is 58.8 Å². The highest BCUT2D eigenvalue weighted by Gasteiger charge is 2.53. The Bertz CT molecular complexity index is 3140. The topological polar surface area (TPSA) is 278 Å². The monoisotopic (exact) mass is 1380 g/mol. The molecule has 0 radical (unpaired) electrons. The Labute approximate surface area is 573 Å². The minimum Gasteiger partial charge on any atom is -0.491 e. The molecule has 3 aromatic carbocycles. The van der Waals surface area contributed by atoms with Gasteiger partial charge in [0, 0.05) is 96.1 Å². The van der Waals surface area contributed by atoms with Crippen molar-refractivity contribution in [2.75, 3.05) is 138 Å². The first-order chi connectivity index (χ1) is 45.3. The molecule has 1 saturated carbocycles. The number of hydrogen-bond acceptors (Lipinski definition) is 19. The molecule has 3 aromatic rings. The van der Waals surface area contributed by atoms with Gasteiger partial charge in [0.15, 0.2) is 0 Å². The van der Waals surface area contributed by atoms with E-state index in [0.717, 1.165) is 52.7 Å². The van der Waals surface area contributed by atoms with E-state index >= 15 is 0 Å². The number of hydrogen-bond donors (Lipinski definition) is 4. The molecule has 3 fully saturated rings. The zero-order chi connectivity index (χ0) is 68.9. The smallest absolute Gasteiger partial charge is 0.246 e. The molecule has 4 atom stereocenters. The predicted octanol–water partition coefficient (Wildman–Crippen LogP) is 8.77. The first-order valence-corrected chi connectivity index (χ1v) is 35.8. The van der Waals surface area contributed by atoms with Crippen LogP contribution < -0.4 is 31.7 Å². The summed E-state index contributed by atoms with van der Waals surface area (Å²) in [7, 11) is -1.86. The third kappa shape index (κ3) is 23.0. The number of nitrogens with one attached hydrogen (secondary N) is 2. The lowest BCUT2D eigenvalue weighted by molar-refractivity contribution is -0.144. The molecule has 26 heteroatoms. The summed E-state index contributed by atoms with van der Waals surface area (Å²) in [5.74, 6) is 7.35. The number of benzene rings is 3. The molecule has 0 aromatic heterocycles. The van der Waals surface area contributed by atoms with E-state index in [-0.39, 0.29) is 50.2 Å². The molecule has 2 saturated heterocycles. The van der Waals surface area contributed by atoms with Gasteiger partial charge in [-0.25, -0.2) is 5.84 Å². The highest BCUT2D eigenvalue weighted by Crippen LogP contribution is 2.79. The molecule has 3 heterocycles. The van der Waals surface area contributed by atoms with Crippen molar-refractivity contribution < 1.29 is 52.3 Å². The zero-order valence-electron chi connectivity index (χ0n) is 57.0. The van der Waals surface area contributed by atoms with Gasteiger partial charge >= 0.3 is 0 Å². The summed E-state index contributed by atoms with van der Waals surface area (Å²) >= 11 is 13.0. The van der Waals surface area contributed by atoms with E-state index in [0.29, 0.717) is 162 Å². The summed E-state index contributed by atoms with van der Waals surface area (Å²) in [6.07, 6.45) is 5.12. The van der Waals surface area contributed by atoms with E-state index in [4.69, 9.17) is 67.9 Å². The lowest BCUT2D eigenvalue weighted by Gasteiger charge is -2.37. The van der Waals surface area contributed by atoms with Crippen molar-refractivity contribution in [3.63, 3.8) is 0 Å². The number of carbonyl (C=O) groups is 4. The van der Waals surface area contributed by atoms with Crippen LogP contribution in [-0.2, 0) is 56.0 Å². The SMILES string of the molecule is CC1=C(c2ccc(CNC(=O)C3CCCN3C(=O)C(NC(=O)C3(C#N)CC3)C(C)(C)C)c(OCCOCCOCCOCCOCCN(N)/C=C(\N)COc3ccc(COC(CN4CCN(C(=O)CN(CC(C)C)CC(C)C)CC4)c4ccc(Cl)cc4Cl)cc3)c2)S1(C)N=O. The van der Waals surface area contributed by atoms with Crippen molar-refractivity contribution in [2.24, 2.45) is 38.8 Å². The summed E-state index contributed by atoms with van der Waals surface area (Å²) in [6.45, 7) is 26.1. The van der Waals surface area contributed by atoms with Crippen LogP contribution in [0.3, 0.4) is 0 Å². The number of amides is 4. The maximum atomic E-state index is 14.1. The van der Waals surface area contributed by atoms with E-state index in [1.807, 2.05) is 93.4 Å². The summed E-state index contributed by atoms with van der Waals surface area (Å²) in [4.78, 5) is 76.1. The number of nitrogens with two attached hydrogens (primary N) is 2. The number of halogens is 2. The van der Waals surface area contributed by atoms with Crippen LogP contribution in [0.2, 0.25) is 10.0 Å². The van der Waals surface area contributed by atoms with Crippen LogP contribution in [0.1, 0.15) is 109 Å². The van der Waals surface area contributed by atoms with Crippen LogP contribution >= 0.6 is 33.4 Å². The fraction of sp³-hybridized carbons (Fsp3) is 0.609. The summed E-state index contributed by atoms with van der Waals surface area (Å²) in [6, 6.07) is 19.2. The van der Waals surface area contributed by atoms with Gasteiger partial charge in [0.05, 0.1) is 90.4 Å². The van der Waals surface area contributed by atoms with Gasteiger partial charge in [0.2, 0.25) is 23.6 Å². The first-order valence-electron chi connectivity index (χ1n) is 33.0. The van der Waals surface area contributed by atoms with Gasteiger partial charge in [-0.2, -0.15) is 5.26 Å². The minimum absolute atomic E-state index is 0.110. The standard InChI is InChI=1S/C69H101Cl2N11O12S/c1-48(2)40-79(41-49(3)4)44-62(83)80-25-23-78(24-26-80)43-61(57-19-16-54(70)38-58(57)71)94-45-51-12-17-56(18-13-51)93-46-55(73)42-81(74)27-28-88-29-30-89-31-32-90-33-34-91-35-36-92-60-37-52(63-50(5)95(63,9)77-87)14-15-53(60)39-75-65(84)59-11-10-22-82(59)66(85)64(68(6,7)8)76-67(86)69(47-72)20-21-69/h12-19,37-38,42,48-49,59,61,64H,10-11,20-36,39-41,43-46,73-74H2,1-9H3,(H,75,84)(H,76,86)/b55-42-. The molecular formula is C69H101Cl2N11O12S. The van der Waals surface area contributed by atoms with Crippen molar-refractivity contribution in [1.29, 1.82) is 5.26 Å². The zero-order valence-corrected chi connectivity index (χ0v) is 59.3. The van der Waals surface area contributed by atoms with Crippen LogP contribution in [0.4, 0.5) is 0 Å². The largest absolute Gasteiger partial charge is 0.491 e. The normalized spacial score (nSPS) is 19.3. The molecule has 23 nitrogen and oxygen atoms in total. The van der Waals surface area contributed by atoms with Gasteiger partial charge in [0.1, 0.15) is 42.2 Å². The third-order valence-electron chi connectivity index (χ3n) is 17.1. The lowest BCUT2D eigenvalue weighted by Crippen LogP contribution is -2.58. The number of ether oxygens (including phenoxy) is 7. The maximum absolute atomic E-state index is 14.1. The minimum atomic E-state index is -1.86. The maximum Gasteiger partial charge on any atom is 0.246 e. The lowest BCUT2D eigenvalue weighted by atomic mass is 9.85. The van der Waals surface area contributed by atoms with Crippen LogP contribution in [0.15, 0.2) is 82.0 Å². The molecule has 6 N–H and O–H groups in total. The molecule has 95 heavy (non-hydrogen) atoms. The Morgan fingerprint density at radius 2 is 1.48 bits per heavy atom. The van der Waals surface area contributed by atoms with E-state index < -0.39 is 39.0 Å². The molecule has 4 aliphatic rings. The van der Waals surface area contributed by atoms with Crippen molar-refractivity contribution in [3.05, 3.63) is 115 Å². The Morgan fingerprint density at radius 1 is 0.853 bits per heavy atom. The Morgan fingerprint density at radius 3 is 2.06 bits per heavy atom. The number of nitroso groups, excluding NO2 is 1. The van der Waals surface area contributed by atoms with Gasteiger partial charge in [-0.05, 0) is 102 Å². The molecule has 0 spiro atoms. The second kappa shape index (κ2) is 36.5. The Balaban J connectivity index is 0.739. The van der Waals surface area contributed by atoms with Gasteiger partial charge in [-0.1, -0.05) is 112 Å². The van der Waals surface area contributed by atoms with Crippen molar-refractivity contribution >= 4 is 61.9 Å². The number of nitriles is 1. The van der Waals surface area contributed by atoms with Gasteiger partial charge in [0.25, 0.3) is 0 Å². The van der Waals surface area contributed by atoms with Crippen LogP contribution in [-0.4, -0.2) is 198 Å². The van der Waals surface area contributed by atoms with Crippen molar-refractivity contribution in [2.45, 2.75) is 112 Å². The van der Waals surface area contributed by atoms with Gasteiger partial charge < -0.3 is 64.3 Å². The molecule has 7 rings (SSSR count). The van der Waals surface area contributed by atoms with Crippen LogP contribution in [0.5, 0.6) is 11.5 Å². The van der Waals surface area contributed by atoms with E-state index in [1.165, 1.54) is 5.01 Å². The number of piperazine rings is 1. The Hall–Kier alpha value is -6.08. The number of likely N-dealkylation sites (tertiary alicyclic amines) is 1. The fourth-order valence-corrected chi connectivity index (χ4v) is 14.2. The molecule has 0 bridgehead atoms. The molecule has 3 aliphatic heterocycles. The number of carbonyl (C=O) groups excluding carboxylic acids is 4. The molecule has 1 aliphatic carbocycles. The molecule has 4 amide bonds. The number of nitrogens with zero attached hydrogens (tertiary/aromatic N) is 7. The van der Waals surface area contributed by atoms with E-state index in [9.17, 15) is 29.3 Å². The number of hydrazine groups is 1. The predicted molar refractivity (Wildman–Crippen MR) is 371 cm³/mol. The molecular weight excluding hydrogens is 1280 g/mol. The molecule has 4 unspecified atom stereocenters. The second-order valence-electron chi connectivity index (χ2n) is 26.8. The van der Waals surface area contributed by atoms with Gasteiger partial charge in [-0.3, -0.25) is 29.0 Å². The first kappa shape index (κ1) is 76.3. The average Bonchev–Trinajstić information content (AvgIpc) is 1.57. The van der Waals surface area contributed by atoms with Crippen molar-refractivity contribution in [3.8, 4) is 17.6 Å². The summed E-state index contributed by atoms with van der Waals surface area (Å²) in [5, 5.41) is 18.0. The second-order valence-corrected chi connectivity index (χ2v) is 30.6. The number of allylic oxidation sites excluding steroid dienone is 1. The third-order valence-corrected chi connectivity index (χ3v) is 20.5. The van der Waals surface area contributed by atoms with Crippen LogP contribution in [0, 0.1) is 38.9 Å². The summed E-state index contributed by atoms with van der Waals surface area (Å²) < 4.78 is 45.0. The number of rotatable bonds is 40. The highest BCUT2D eigenvalue weighted by molar-refractivity contribution is 8.48. The van der Waals surface area contributed by atoms with Gasteiger partial charge in [-0.15, -0.1) is 4.91 Å². The van der Waals surface area contributed by atoms with E-state index in [1.54, 1.807) is 17.2 Å². The van der Waals surface area contributed by atoms with Crippen molar-refractivity contribution in [1.82, 2.24) is 35.2 Å². The molecule has 524 valence electrons. The highest BCUT2D eigenvalue weighted by atomic mass is 35.5. The van der Waals surface area contributed by atoms with Crippen LogP contribution in [0.25, 0.3) is 4.91 Å². The summed E-state index contributed by atoms with van der Waals surface area (Å²) in [5.41, 5.74) is 8.25.